The molecule has 8 aromatic carbocycles. The lowest BCUT2D eigenvalue weighted by Gasteiger charge is -2.22. The van der Waals surface area contributed by atoms with E-state index in [-0.39, 0.29) is 98.9 Å². The zero-order chi connectivity index (χ0) is 45.1. The van der Waals surface area contributed by atoms with Gasteiger partial charge in [0.25, 0.3) is 0 Å². The van der Waals surface area contributed by atoms with Gasteiger partial charge in [0.05, 0.1) is 11.0 Å². The number of oxazole rings is 2. The molecule has 0 saturated heterocycles. The van der Waals surface area contributed by atoms with Crippen molar-refractivity contribution in [2.75, 3.05) is 0 Å². The van der Waals surface area contributed by atoms with E-state index < -0.39 is 0 Å². The molecule has 270 valence electrons. The average molecular weight is 741 g/mol. The maximum Gasteiger partial charge on any atom is 0.227 e. The van der Waals surface area contributed by atoms with Gasteiger partial charge >= 0.3 is 0 Å². The van der Waals surface area contributed by atoms with E-state index in [1.165, 1.54) is 22.3 Å². The van der Waals surface area contributed by atoms with Gasteiger partial charge in [0, 0.05) is 16.5 Å². The summed E-state index contributed by atoms with van der Waals surface area (Å²) in [5.74, 6) is -0.0787. The standard InChI is InChI=1S/C53H36N2O2/c1-53(2)45-13-4-3-12-43(45)44-27-26-39(32-46(44)53)37-10-9-11-38(28-37)42-30-40(33-18-22-35(23-19-33)51-54-47-14-5-7-16-49(47)56-51)29-41(31-42)34-20-24-36(25-21-34)52-55-48-15-6-8-17-50(48)57-52/h3-32H,1-2H3/i18D,19D,20D,21D,22D,23D,24D,25D. The van der Waals surface area contributed by atoms with Crippen LogP contribution in [0.4, 0.5) is 0 Å². The Kier molecular flexibility index (Phi) is 5.82. The fraction of sp³-hybridized carbons (Fsp3) is 0.0566. The molecule has 0 saturated carbocycles. The lowest BCUT2D eigenvalue weighted by atomic mass is 9.81. The van der Waals surface area contributed by atoms with E-state index in [0.29, 0.717) is 27.8 Å². The van der Waals surface area contributed by atoms with Gasteiger partial charge in [0.15, 0.2) is 11.2 Å². The topological polar surface area (TPSA) is 52.1 Å². The highest BCUT2D eigenvalue weighted by Gasteiger charge is 2.35. The lowest BCUT2D eigenvalue weighted by molar-refractivity contribution is 0.619. The Balaban J connectivity index is 1.10. The molecule has 0 unspecified atom stereocenters. The molecule has 1 aliphatic carbocycles. The second-order valence-electron chi connectivity index (χ2n) is 14.8. The van der Waals surface area contributed by atoms with Crippen molar-refractivity contribution in [2.24, 2.45) is 0 Å². The summed E-state index contributed by atoms with van der Waals surface area (Å²) in [5.41, 5.74) is 10.3. The van der Waals surface area contributed by atoms with Crippen molar-refractivity contribution in [3.8, 4) is 78.5 Å². The zero-order valence-electron chi connectivity index (χ0n) is 38.9. The highest BCUT2D eigenvalue weighted by Crippen LogP contribution is 2.49. The Hall–Kier alpha value is -7.30. The molecule has 4 heteroatoms. The monoisotopic (exact) mass is 740 g/mol. The van der Waals surface area contributed by atoms with Crippen LogP contribution >= 0.6 is 0 Å². The molecular formula is C53H36N2O2. The number of fused-ring (bicyclic) bond motifs is 5. The molecule has 0 bridgehead atoms. The van der Waals surface area contributed by atoms with Crippen LogP contribution in [0.25, 0.3) is 101 Å². The minimum Gasteiger partial charge on any atom is -0.436 e. The van der Waals surface area contributed by atoms with Crippen molar-refractivity contribution in [1.29, 1.82) is 0 Å². The molecule has 2 aromatic heterocycles. The van der Waals surface area contributed by atoms with Crippen LogP contribution in [0.2, 0.25) is 0 Å². The Morgan fingerprint density at radius 2 is 0.825 bits per heavy atom. The van der Waals surface area contributed by atoms with Crippen LogP contribution in [-0.2, 0) is 5.41 Å². The smallest absolute Gasteiger partial charge is 0.227 e. The largest absolute Gasteiger partial charge is 0.436 e. The molecule has 0 radical (unpaired) electrons. The fourth-order valence-corrected chi connectivity index (χ4v) is 7.93. The molecule has 0 atom stereocenters. The number of aromatic nitrogens is 2. The third-order valence-electron chi connectivity index (χ3n) is 10.9. The van der Waals surface area contributed by atoms with Crippen LogP contribution in [0.1, 0.15) is 35.9 Å². The number of benzene rings is 8. The van der Waals surface area contributed by atoms with E-state index in [0.717, 1.165) is 16.7 Å². The Labute approximate surface area is 342 Å². The van der Waals surface area contributed by atoms with Gasteiger partial charge in [-0.15, -0.1) is 0 Å². The zero-order valence-corrected chi connectivity index (χ0v) is 30.9. The summed E-state index contributed by atoms with van der Waals surface area (Å²) in [5, 5.41) is 0. The molecule has 0 amide bonds. The minimum absolute atomic E-state index is 0.0158. The summed E-state index contributed by atoms with van der Waals surface area (Å²) in [6.07, 6.45) is 0. The Bertz CT molecular complexity index is 3360. The second kappa shape index (κ2) is 12.9. The first-order chi connectivity index (χ1) is 31.3. The predicted molar refractivity (Wildman–Crippen MR) is 232 cm³/mol. The van der Waals surface area contributed by atoms with E-state index >= 15 is 0 Å². The molecule has 2 heterocycles. The van der Waals surface area contributed by atoms with Crippen molar-refractivity contribution in [2.45, 2.75) is 19.3 Å². The first-order valence-electron chi connectivity index (χ1n) is 22.7. The van der Waals surface area contributed by atoms with Crippen molar-refractivity contribution < 1.29 is 19.8 Å². The highest BCUT2D eigenvalue weighted by atomic mass is 16.4. The Morgan fingerprint density at radius 3 is 1.40 bits per heavy atom. The van der Waals surface area contributed by atoms with Gasteiger partial charge in [-0.1, -0.05) is 117 Å². The summed E-state index contributed by atoms with van der Waals surface area (Å²) < 4.78 is 85.9. The quantitative estimate of drug-likeness (QED) is 0.170. The molecule has 10 aromatic rings. The Morgan fingerprint density at radius 1 is 0.386 bits per heavy atom. The van der Waals surface area contributed by atoms with Gasteiger partial charge in [-0.2, -0.15) is 0 Å². The lowest BCUT2D eigenvalue weighted by Crippen LogP contribution is -2.14. The van der Waals surface area contributed by atoms with E-state index in [9.17, 15) is 11.0 Å². The van der Waals surface area contributed by atoms with Gasteiger partial charge in [0.1, 0.15) is 11.0 Å². The van der Waals surface area contributed by atoms with Gasteiger partial charge in [0.2, 0.25) is 11.8 Å². The second-order valence-corrected chi connectivity index (χ2v) is 14.8. The summed E-state index contributed by atoms with van der Waals surface area (Å²) in [6, 6.07) is 39.4. The van der Waals surface area contributed by atoms with E-state index in [1.54, 1.807) is 66.7 Å². The van der Waals surface area contributed by atoms with Crippen molar-refractivity contribution in [1.82, 2.24) is 9.97 Å². The van der Waals surface area contributed by atoms with Crippen molar-refractivity contribution in [3.05, 3.63) is 193 Å². The number of rotatable bonds is 6. The van der Waals surface area contributed by atoms with Crippen LogP contribution in [0.3, 0.4) is 0 Å². The number of nitrogens with zero attached hydrogens (tertiary/aromatic N) is 2. The van der Waals surface area contributed by atoms with Crippen molar-refractivity contribution >= 4 is 22.2 Å². The molecule has 0 spiro atoms. The SMILES string of the molecule is [2H]c1c([2H])c(-c2nc3ccccc3o2)c([2H])c([2H])c1-c1cc(-c2cccc(-c3ccc4c(c3)C(C)(C)c3ccccc3-4)c2)cc(-c2c([2H])c([2H])c(-c3nc4ccccc4o3)c([2H])c2[2H])c1. The van der Waals surface area contributed by atoms with Crippen LogP contribution in [-0.4, -0.2) is 9.97 Å². The number of hydrogen-bond acceptors (Lipinski definition) is 4. The molecule has 57 heavy (non-hydrogen) atoms. The summed E-state index contributed by atoms with van der Waals surface area (Å²) in [7, 11) is 0. The normalized spacial score (nSPS) is 14.8. The van der Waals surface area contributed by atoms with Crippen LogP contribution in [0.15, 0.2) is 191 Å². The minimum atomic E-state index is -0.352. The van der Waals surface area contributed by atoms with Gasteiger partial charge in [-0.25, -0.2) is 9.97 Å². The van der Waals surface area contributed by atoms with Gasteiger partial charge < -0.3 is 8.83 Å². The number of hydrogen-bond donors (Lipinski definition) is 0. The van der Waals surface area contributed by atoms with Crippen LogP contribution in [0.5, 0.6) is 0 Å². The first-order valence-corrected chi connectivity index (χ1v) is 18.7. The maximum absolute atomic E-state index is 9.34. The van der Waals surface area contributed by atoms with E-state index in [2.05, 4.69) is 66.3 Å². The first kappa shape index (κ1) is 25.7. The summed E-state index contributed by atoms with van der Waals surface area (Å²) in [6.45, 7) is 4.48. The molecule has 11 rings (SSSR count). The van der Waals surface area contributed by atoms with E-state index in [4.69, 9.17) is 8.83 Å². The third kappa shape index (κ3) is 5.68. The van der Waals surface area contributed by atoms with Crippen molar-refractivity contribution in [3.63, 3.8) is 0 Å². The fourth-order valence-electron chi connectivity index (χ4n) is 7.93. The van der Waals surface area contributed by atoms with Gasteiger partial charge in [-0.3, -0.25) is 0 Å². The van der Waals surface area contributed by atoms with Crippen LogP contribution in [0, 0.1) is 0 Å². The van der Waals surface area contributed by atoms with Crippen LogP contribution < -0.4 is 0 Å². The molecule has 0 fully saturated rings. The molecule has 0 N–H and O–H groups in total. The molecular weight excluding hydrogens is 697 g/mol. The third-order valence-corrected chi connectivity index (χ3v) is 10.9. The van der Waals surface area contributed by atoms with Gasteiger partial charge in [-0.05, 0) is 146 Å². The predicted octanol–water partition coefficient (Wildman–Crippen LogP) is 14.3. The summed E-state index contributed by atoms with van der Waals surface area (Å²) >= 11 is 0. The molecule has 4 nitrogen and oxygen atoms in total. The van der Waals surface area contributed by atoms with E-state index in [1.807, 2.05) is 24.3 Å². The highest BCUT2D eigenvalue weighted by molar-refractivity contribution is 5.87. The number of para-hydroxylation sites is 4. The average Bonchev–Trinajstić information content (AvgIpc) is 4.00. The summed E-state index contributed by atoms with van der Waals surface area (Å²) in [4.78, 5) is 8.97. The maximum atomic E-state index is 9.34. The molecule has 1 aliphatic rings. The molecule has 0 aliphatic heterocycles.